The predicted octanol–water partition coefficient (Wildman–Crippen LogP) is 1.66. The van der Waals surface area contributed by atoms with Crippen LogP contribution < -0.4 is 9.44 Å². The summed E-state index contributed by atoms with van der Waals surface area (Å²) in [6.07, 6.45) is 1.05. The van der Waals surface area contributed by atoms with E-state index in [1.165, 1.54) is 0 Å². The van der Waals surface area contributed by atoms with Crippen LogP contribution in [-0.4, -0.2) is 28.7 Å². The molecule has 22 heavy (non-hydrogen) atoms. The molecule has 1 aromatic rings. The molecule has 0 spiro atoms. The number of rotatable bonds is 6. The number of hydrogen-bond acceptors (Lipinski definition) is 4. The normalized spacial score (nSPS) is 15.4. The van der Waals surface area contributed by atoms with Crippen molar-refractivity contribution in [2.24, 2.45) is 0 Å². The fraction of sp³-hybridized carbons (Fsp3) is 0.571. The molecule has 0 bridgehead atoms. The maximum Gasteiger partial charge on any atom is 0.229 e. The maximum absolute atomic E-state index is 12.1. The number of nitrogens with one attached hydrogen (secondary N) is 2. The standard InChI is InChI=1S/C14H24N2O4S2/c1-10(15-21(18)14(2,3)4)11-6-7-13(12(8-11)9-17)16-22(5,19)20/h6-8,10,15-17H,9H2,1-5H3/t10-,21?/m1/s1. The first-order valence-electron chi connectivity index (χ1n) is 6.83. The largest absolute Gasteiger partial charge is 0.392 e. The van der Waals surface area contributed by atoms with Crippen molar-refractivity contribution < 1.29 is 17.7 Å². The summed E-state index contributed by atoms with van der Waals surface area (Å²) in [4.78, 5) is 0. The zero-order valence-corrected chi connectivity index (χ0v) is 15.1. The highest BCUT2D eigenvalue weighted by Crippen LogP contribution is 2.23. The molecule has 1 aromatic carbocycles. The molecule has 0 amide bonds. The maximum atomic E-state index is 12.1. The molecule has 1 unspecified atom stereocenters. The molecule has 0 aromatic heterocycles. The minimum Gasteiger partial charge on any atom is -0.392 e. The van der Waals surface area contributed by atoms with Crippen molar-refractivity contribution in [3.63, 3.8) is 0 Å². The lowest BCUT2D eigenvalue weighted by molar-refractivity contribution is 0.282. The lowest BCUT2D eigenvalue weighted by atomic mass is 10.0. The Morgan fingerprint density at radius 2 is 1.91 bits per heavy atom. The lowest BCUT2D eigenvalue weighted by Crippen LogP contribution is -2.34. The Balaban J connectivity index is 3.00. The first kappa shape index (κ1) is 19.1. The van der Waals surface area contributed by atoms with E-state index in [1.54, 1.807) is 18.2 Å². The van der Waals surface area contributed by atoms with Gasteiger partial charge < -0.3 is 5.11 Å². The first-order valence-corrected chi connectivity index (χ1v) is 9.87. The van der Waals surface area contributed by atoms with Crippen LogP contribution in [0.15, 0.2) is 18.2 Å². The molecule has 1 rings (SSSR count). The van der Waals surface area contributed by atoms with Crippen LogP contribution in [0.4, 0.5) is 5.69 Å². The Hall–Kier alpha value is -0.960. The number of anilines is 1. The molecule has 0 radical (unpaired) electrons. The van der Waals surface area contributed by atoms with Gasteiger partial charge in [-0.1, -0.05) is 6.07 Å². The molecular formula is C14H24N2O4S2. The van der Waals surface area contributed by atoms with Gasteiger partial charge >= 0.3 is 0 Å². The number of hydrogen-bond donors (Lipinski definition) is 3. The molecule has 0 fully saturated rings. The van der Waals surface area contributed by atoms with Crippen LogP contribution in [0.1, 0.15) is 44.9 Å². The smallest absolute Gasteiger partial charge is 0.229 e. The summed E-state index contributed by atoms with van der Waals surface area (Å²) in [6.45, 7) is 7.20. The highest BCUT2D eigenvalue weighted by atomic mass is 32.2. The average Bonchev–Trinajstić information content (AvgIpc) is 2.36. The molecular weight excluding hydrogens is 324 g/mol. The molecule has 0 aliphatic heterocycles. The van der Waals surface area contributed by atoms with Gasteiger partial charge in [-0.25, -0.2) is 17.3 Å². The van der Waals surface area contributed by atoms with Gasteiger partial charge in [-0.2, -0.15) is 0 Å². The topological polar surface area (TPSA) is 95.5 Å². The fourth-order valence-corrected chi connectivity index (χ4v) is 3.13. The third-order valence-corrected chi connectivity index (χ3v) is 5.21. The van der Waals surface area contributed by atoms with Crippen LogP contribution in [0.2, 0.25) is 0 Å². The molecule has 0 heterocycles. The van der Waals surface area contributed by atoms with Crippen molar-refractivity contribution in [1.29, 1.82) is 0 Å². The highest BCUT2D eigenvalue weighted by Gasteiger charge is 2.22. The molecule has 0 saturated heterocycles. The van der Waals surface area contributed by atoms with Crippen LogP contribution in [0.5, 0.6) is 0 Å². The third kappa shape index (κ3) is 5.68. The number of aliphatic hydroxyl groups is 1. The van der Waals surface area contributed by atoms with Crippen LogP contribution in [-0.2, 0) is 27.6 Å². The van der Waals surface area contributed by atoms with Gasteiger partial charge in [-0.15, -0.1) is 0 Å². The molecule has 126 valence electrons. The number of benzene rings is 1. The zero-order valence-electron chi connectivity index (χ0n) is 13.5. The van der Waals surface area contributed by atoms with Crippen LogP contribution in [0.25, 0.3) is 0 Å². The van der Waals surface area contributed by atoms with Gasteiger partial charge in [0.2, 0.25) is 10.0 Å². The van der Waals surface area contributed by atoms with Crippen LogP contribution in [0, 0.1) is 0 Å². The third-order valence-electron chi connectivity index (χ3n) is 2.93. The molecule has 3 N–H and O–H groups in total. The summed E-state index contributed by atoms with van der Waals surface area (Å²) in [7, 11) is -4.63. The van der Waals surface area contributed by atoms with E-state index in [4.69, 9.17) is 0 Å². The van der Waals surface area contributed by atoms with E-state index in [2.05, 4.69) is 9.44 Å². The molecule has 0 aliphatic rings. The van der Waals surface area contributed by atoms with Crippen LogP contribution >= 0.6 is 0 Å². The Morgan fingerprint density at radius 3 is 2.36 bits per heavy atom. The van der Waals surface area contributed by atoms with E-state index in [-0.39, 0.29) is 17.4 Å². The van der Waals surface area contributed by atoms with Gasteiger partial charge in [0.1, 0.15) is 0 Å². The van der Waals surface area contributed by atoms with Gasteiger partial charge in [0.15, 0.2) is 0 Å². The first-order chi connectivity index (χ1) is 9.94. The molecule has 2 atom stereocenters. The van der Waals surface area contributed by atoms with E-state index in [9.17, 15) is 17.7 Å². The average molecular weight is 348 g/mol. The van der Waals surface area contributed by atoms with Crippen LogP contribution in [0.3, 0.4) is 0 Å². The van der Waals surface area contributed by atoms with Crippen molar-refractivity contribution >= 4 is 26.7 Å². The van der Waals surface area contributed by atoms with Crippen molar-refractivity contribution in [3.8, 4) is 0 Å². The van der Waals surface area contributed by atoms with Gasteiger partial charge in [0.05, 0.1) is 34.3 Å². The van der Waals surface area contributed by atoms with E-state index < -0.39 is 21.0 Å². The SMILES string of the molecule is C[C@@H](NS(=O)C(C)(C)C)c1ccc(NS(C)(=O)=O)c(CO)c1. The van der Waals surface area contributed by atoms with Crippen molar-refractivity contribution in [2.75, 3.05) is 11.0 Å². The second kappa shape index (κ2) is 7.08. The summed E-state index contributed by atoms with van der Waals surface area (Å²) >= 11 is 0. The highest BCUT2D eigenvalue weighted by molar-refractivity contribution is 7.92. The molecule has 8 heteroatoms. The Morgan fingerprint density at radius 1 is 1.32 bits per heavy atom. The van der Waals surface area contributed by atoms with E-state index >= 15 is 0 Å². The van der Waals surface area contributed by atoms with Gasteiger partial charge in [-0.05, 0) is 45.4 Å². The minimum atomic E-state index is -3.41. The van der Waals surface area contributed by atoms with Gasteiger partial charge in [-0.3, -0.25) is 4.72 Å². The Labute approximate surface area is 135 Å². The lowest BCUT2D eigenvalue weighted by Gasteiger charge is -2.22. The molecule has 6 nitrogen and oxygen atoms in total. The molecule has 0 saturated carbocycles. The summed E-state index contributed by atoms with van der Waals surface area (Å²) in [5.41, 5.74) is 1.64. The monoisotopic (exact) mass is 348 g/mol. The fourth-order valence-electron chi connectivity index (χ4n) is 1.72. The van der Waals surface area contributed by atoms with E-state index in [0.29, 0.717) is 11.3 Å². The van der Waals surface area contributed by atoms with Gasteiger partial charge in [0, 0.05) is 11.6 Å². The quantitative estimate of drug-likeness (QED) is 0.728. The molecule has 0 aliphatic carbocycles. The number of aliphatic hydroxyl groups excluding tert-OH is 1. The van der Waals surface area contributed by atoms with Crippen molar-refractivity contribution in [2.45, 2.75) is 45.1 Å². The zero-order chi connectivity index (χ0) is 17.1. The van der Waals surface area contributed by atoms with E-state index in [1.807, 2.05) is 27.7 Å². The number of sulfonamides is 1. The summed E-state index contributed by atoms with van der Waals surface area (Å²) in [5.74, 6) is 0. The van der Waals surface area contributed by atoms with E-state index in [0.717, 1.165) is 11.8 Å². The van der Waals surface area contributed by atoms with Crippen molar-refractivity contribution in [1.82, 2.24) is 4.72 Å². The summed E-state index contributed by atoms with van der Waals surface area (Å²) in [6, 6.07) is 4.84. The Bertz CT molecular complexity index is 651. The second-order valence-corrected chi connectivity index (χ2v) is 9.92. The van der Waals surface area contributed by atoms with Gasteiger partial charge in [0.25, 0.3) is 0 Å². The summed E-state index contributed by atoms with van der Waals surface area (Å²) in [5, 5.41) is 9.42. The second-order valence-electron chi connectivity index (χ2n) is 6.17. The Kier molecular flexibility index (Phi) is 6.14. The minimum absolute atomic E-state index is 0.197. The predicted molar refractivity (Wildman–Crippen MR) is 90.3 cm³/mol. The van der Waals surface area contributed by atoms with Crippen molar-refractivity contribution in [3.05, 3.63) is 29.3 Å². The summed E-state index contributed by atoms with van der Waals surface area (Å²) < 4.78 is 39.7.